The molecule has 0 atom stereocenters. The van der Waals surface area contributed by atoms with Gasteiger partial charge in [-0.1, -0.05) is 30.3 Å². The summed E-state index contributed by atoms with van der Waals surface area (Å²) in [5.74, 6) is 1.30. The van der Waals surface area contributed by atoms with Gasteiger partial charge in [0.15, 0.2) is 5.17 Å². The van der Waals surface area contributed by atoms with Gasteiger partial charge in [0.25, 0.3) is 5.91 Å². The number of ether oxygens (including phenoxy) is 1. The molecule has 1 amide bonds. The van der Waals surface area contributed by atoms with Crippen LogP contribution in [0.4, 0.5) is 0 Å². The second kappa shape index (κ2) is 9.26. The lowest BCUT2D eigenvalue weighted by atomic mass is 10.2. The fourth-order valence-electron chi connectivity index (χ4n) is 3.28. The smallest absolute Gasteiger partial charge is 0.286 e. The van der Waals surface area contributed by atoms with Gasteiger partial charge in [-0.25, -0.2) is 0 Å². The molecule has 2 heterocycles. The Hall–Kier alpha value is -2.61. The maximum atomic E-state index is 12.4. The number of hydrogen-bond acceptors (Lipinski definition) is 6. The van der Waals surface area contributed by atoms with Crippen molar-refractivity contribution >= 4 is 28.9 Å². The van der Waals surface area contributed by atoms with Crippen LogP contribution in [0.15, 0.2) is 64.5 Å². The molecule has 6 nitrogen and oxygen atoms in total. The second-order valence-electron chi connectivity index (χ2n) is 6.85. The van der Waals surface area contributed by atoms with Gasteiger partial charge in [-0.15, -0.1) is 0 Å². The minimum absolute atomic E-state index is 0.175. The van der Waals surface area contributed by atoms with Crippen LogP contribution in [0, 0.1) is 0 Å². The number of para-hydroxylation sites is 1. The summed E-state index contributed by atoms with van der Waals surface area (Å²) in [6, 6.07) is 17.3. The van der Waals surface area contributed by atoms with Gasteiger partial charge in [-0.3, -0.25) is 9.69 Å². The molecule has 0 unspecified atom stereocenters. The highest BCUT2D eigenvalue weighted by Crippen LogP contribution is 2.31. The number of carbonyl (C=O) groups is 1. The van der Waals surface area contributed by atoms with Gasteiger partial charge < -0.3 is 14.7 Å². The predicted molar refractivity (Wildman–Crippen MR) is 116 cm³/mol. The second-order valence-corrected chi connectivity index (χ2v) is 7.86. The molecule has 2 aliphatic heterocycles. The van der Waals surface area contributed by atoms with Crippen molar-refractivity contribution in [1.82, 2.24) is 9.80 Å². The number of carbonyl (C=O) groups excluding carboxylic acids is 1. The third-order valence-electron chi connectivity index (χ3n) is 4.80. The topological polar surface area (TPSA) is 65.4 Å². The molecule has 2 aliphatic rings. The lowest BCUT2D eigenvalue weighted by Gasteiger charge is -2.34. The molecule has 0 bridgehead atoms. The number of aliphatic imine (C=N–C) groups is 1. The zero-order valence-corrected chi connectivity index (χ0v) is 16.8. The first-order valence-electron chi connectivity index (χ1n) is 9.65. The quantitative estimate of drug-likeness (QED) is 0.766. The van der Waals surface area contributed by atoms with Gasteiger partial charge in [0.05, 0.1) is 11.5 Å². The maximum absolute atomic E-state index is 12.4. The van der Waals surface area contributed by atoms with E-state index in [0.29, 0.717) is 11.4 Å². The molecule has 29 heavy (non-hydrogen) atoms. The molecular weight excluding hydrogens is 386 g/mol. The van der Waals surface area contributed by atoms with Crippen molar-refractivity contribution in [2.45, 2.75) is 0 Å². The zero-order chi connectivity index (χ0) is 20.1. The van der Waals surface area contributed by atoms with E-state index in [1.54, 1.807) is 0 Å². The first kappa shape index (κ1) is 19.7. The van der Waals surface area contributed by atoms with Crippen LogP contribution in [0.5, 0.6) is 11.5 Å². The van der Waals surface area contributed by atoms with Crippen LogP contribution in [0.1, 0.15) is 5.56 Å². The Bertz CT molecular complexity index is 922. The largest absolute Gasteiger partial charge is 0.457 e. The number of rotatable bonds is 5. The minimum Gasteiger partial charge on any atom is -0.457 e. The Kier molecular flexibility index (Phi) is 6.29. The predicted octanol–water partition coefficient (Wildman–Crippen LogP) is 3.06. The molecule has 2 aromatic rings. The lowest BCUT2D eigenvalue weighted by molar-refractivity contribution is -0.113. The summed E-state index contributed by atoms with van der Waals surface area (Å²) in [5.41, 5.74) is 0.901. The van der Waals surface area contributed by atoms with Crippen LogP contribution in [0.3, 0.4) is 0 Å². The average molecular weight is 410 g/mol. The first-order chi connectivity index (χ1) is 14.2. The van der Waals surface area contributed by atoms with Crippen LogP contribution >= 0.6 is 11.8 Å². The van der Waals surface area contributed by atoms with Gasteiger partial charge in [0.2, 0.25) is 0 Å². The molecule has 1 N–H and O–H groups in total. The number of piperazine rings is 1. The van der Waals surface area contributed by atoms with E-state index in [4.69, 9.17) is 9.84 Å². The number of aliphatic hydroxyl groups is 1. The Labute approximate surface area is 174 Å². The van der Waals surface area contributed by atoms with E-state index in [1.165, 1.54) is 11.8 Å². The summed E-state index contributed by atoms with van der Waals surface area (Å²) in [4.78, 5) is 21.6. The van der Waals surface area contributed by atoms with E-state index >= 15 is 0 Å². The standard InChI is InChI=1S/C22H23N3O3S/c26-14-13-24-9-11-25(12-10-24)22-23-21(27)20(29-22)16-17-5-4-8-19(15-17)28-18-6-2-1-3-7-18/h1-8,15-16,26H,9-14H2/b20-16+. The Balaban J connectivity index is 1.41. The molecule has 0 saturated carbocycles. The van der Waals surface area contributed by atoms with E-state index in [9.17, 15) is 4.79 Å². The highest BCUT2D eigenvalue weighted by molar-refractivity contribution is 8.18. The molecule has 1 fully saturated rings. The average Bonchev–Trinajstić information content (AvgIpc) is 3.10. The fraction of sp³-hybridized carbons (Fsp3) is 0.273. The van der Waals surface area contributed by atoms with Crippen molar-refractivity contribution in [2.24, 2.45) is 4.99 Å². The van der Waals surface area contributed by atoms with Gasteiger partial charge in [-0.2, -0.15) is 4.99 Å². The number of aliphatic hydroxyl groups excluding tert-OH is 1. The van der Waals surface area contributed by atoms with E-state index < -0.39 is 0 Å². The summed E-state index contributed by atoms with van der Waals surface area (Å²) in [6.07, 6.45) is 1.86. The van der Waals surface area contributed by atoms with Gasteiger partial charge >= 0.3 is 0 Å². The number of hydrogen-bond donors (Lipinski definition) is 1. The monoisotopic (exact) mass is 409 g/mol. The lowest BCUT2D eigenvalue weighted by Crippen LogP contribution is -2.48. The number of thioether (sulfide) groups is 1. The Morgan fingerprint density at radius 3 is 2.55 bits per heavy atom. The van der Waals surface area contributed by atoms with E-state index in [-0.39, 0.29) is 12.5 Å². The third kappa shape index (κ3) is 5.06. The normalized spacial score (nSPS) is 18.9. The minimum atomic E-state index is -0.197. The van der Waals surface area contributed by atoms with Crippen molar-refractivity contribution in [3.05, 3.63) is 65.1 Å². The van der Waals surface area contributed by atoms with Gasteiger partial charge in [0, 0.05) is 32.7 Å². The van der Waals surface area contributed by atoms with Gasteiger partial charge in [0.1, 0.15) is 11.5 Å². The molecule has 0 aromatic heterocycles. The number of benzene rings is 2. The molecule has 1 saturated heterocycles. The third-order valence-corrected chi connectivity index (χ3v) is 5.85. The van der Waals surface area contributed by atoms with Crippen molar-refractivity contribution in [3.8, 4) is 11.5 Å². The highest BCUT2D eigenvalue weighted by Gasteiger charge is 2.28. The molecule has 4 rings (SSSR count). The SMILES string of the molecule is O=C1N=C(N2CCN(CCO)CC2)S/C1=C/c1cccc(Oc2ccccc2)c1. The van der Waals surface area contributed by atoms with E-state index in [0.717, 1.165) is 48.4 Å². The summed E-state index contributed by atoms with van der Waals surface area (Å²) in [7, 11) is 0. The van der Waals surface area contributed by atoms with Crippen LogP contribution in [0.25, 0.3) is 6.08 Å². The molecule has 150 valence electrons. The molecule has 0 radical (unpaired) electrons. The number of nitrogens with zero attached hydrogens (tertiary/aromatic N) is 3. The molecule has 2 aromatic carbocycles. The van der Waals surface area contributed by atoms with Crippen LogP contribution in [0.2, 0.25) is 0 Å². The highest BCUT2D eigenvalue weighted by atomic mass is 32.2. The van der Waals surface area contributed by atoms with E-state index in [1.807, 2.05) is 60.7 Å². The number of β-amino-alcohol motifs (C(OH)–C–C–N with tert-alkyl or cyclic N) is 1. The molecule has 0 spiro atoms. The maximum Gasteiger partial charge on any atom is 0.286 e. The first-order valence-corrected chi connectivity index (χ1v) is 10.5. The Morgan fingerprint density at radius 2 is 1.79 bits per heavy atom. The van der Waals surface area contributed by atoms with Crippen molar-refractivity contribution in [3.63, 3.8) is 0 Å². The van der Waals surface area contributed by atoms with Crippen LogP contribution < -0.4 is 4.74 Å². The molecular formula is C22H23N3O3S. The summed E-state index contributed by atoms with van der Waals surface area (Å²) in [5, 5.41) is 9.83. The van der Waals surface area contributed by atoms with Crippen molar-refractivity contribution in [1.29, 1.82) is 0 Å². The summed E-state index contributed by atoms with van der Waals surface area (Å²) >= 11 is 1.42. The molecule has 7 heteroatoms. The van der Waals surface area contributed by atoms with Crippen molar-refractivity contribution in [2.75, 3.05) is 39.3 Å². The Morgan fingerprint density at radius 1 is 1.03 bits per heavy atom. The van der Waals surface area contributed by atoms with Crippen molar-refractivity contribution < 1.29 is 14.6 Å². The zero-order valence-electron chi connectivity index (χ0n) is 16.0. The molecule has 0 aliphatic carbocycles. The van der Waals surface area contributed by atoms with Crippen LogP contribution in [-0.2, 0) is 4.79 Å². The fourth-order valence-corrected chi connectivity index (χ4v) is 4.25. The van der Waals surface area contributed by atoms with Crippen LogP contribution in [-0.4, -0.2) is 65.3 Å². The summed E-state index contributed by atoms with van der Waals surface area (Å²) < 4.78 is 5.88. The van der Waals surface area contributed by atoms with Gasteiger partial charge in [-0.05, 0) is 47.7 Å². The van der Waals surface area contributed by atoms with E-state index in [2.05, 4.69) is 14.8 Å². The number of amidine groups is 1. The summed E-state index contributed by atoms with van der Waals surface area (Å²) in [6.45, 7) is 4.23. The number of amides is 1.